The number of nitrogens with one attached hydrogen (secondary N) is 3. The average molecular weight is 763 g/mol. The van der Waals surface area contributed by atoms with Crippen LogP contribution < -0.4 is 20.7 Å². The van der Waals surface area contributed by atoms with Crippen LogP contribution in [0.3, 0.4) is 0 Å². The Morgan fingerprint density at radius 2 is 1.55 bits per heavy atom. The van der Waals surface area contributed by atoms with Crippen LogP contribution in [0, 0.1) is 5.92 Å². The number of aromatic nitrogens is 1. The summed E-state index contributed by atoms with van der Waals surface area (Å²) < 4.78 is 7.73. The normalized spacial score (nSPS) is 21.0. The Morgan fingerprint density at radius 1 is 0.839 bits per heavy atom. The van der Waals surface area contributed by atoms with E-state index in [1.807, 2.05) is 98.3 Å². The zero-order chi connectivity index (χ0) is 39.8. The van der Waals surface area contributed by atoms with E-state index in [0.717, 1.165) is 22.4 Å². The summed E-state index contributed by atoms with van der Waals surface area (Å²) in [6, 6.07) is 27.1. The van der Waals surface area contributed by atoms with Crippen LogP contribution in [0.1, 0.15) is 47.8 Å². The van der Waals surface area contributed by atoms with Gasteiger partial charge in [0.1, 0.15) is 23.5 Å². The highest BCUT2D eigenvalue weighted by Gasteiger charge is 2.40. The summed E-state index contributed by atoms with van der Waals surface area (Å²) in [5.74, 6) is -2.26. The molecular formula is C43H50N6O7. The molecular weight excluding hydrogens is 713 g/mol. The number of carbonyl (C=O) groups is 5. The fraction of sp³-hybridized carbons (Fsp3) is 0.372. The smallest absolute Gasteiger partial charge is 0.270 e. The lowest BCUT2D eigenvalue weighted by Crippen LogP contribution is -2.56. The minimum Gasteiger partial charge on any atom is -0.484 e. The zero-order valence-electron chi connectivity index (χ0n) is 32.0. The number of hydrogen-bond acceptors (Lipinski definition) is 7. The Balaban J connectivity index is 1.33. The first-order valence-corrected chi connectivity index (χ1v) is 19.1. The number of aliphatic hydroxyl groups excluding tert-OH is 1. The van der Waals surface area contributed by atoms with Crippen molar-refractivity contribution >= 4 is 29.5 Å². The molecule has 1 aromatic heterocycles. The van der Waals surface area contributed by atoms with Gasteiger partial charge in [-0.1, -0.05) is 86.6 Å². The zero-order valence-corrected chi connectivity index (χ0v) is 32.0. The molecule has 3 aromatic carbocycles. The van der Waals surface area contributed by atoms with Gasteiger partial charge in [0.05, 0.1) is 19.2 Å². The van der Waals surface area contributed by atoms with E-state index in [0.29, 0.717) is 17.9 Å². The number of fused-ring (bicyclic) bond motifs is 4. The third-order valence-corrected chi connectivity index (χ3v) is 10.4. The van der Waals surface area contributed by atoms with Gasteiger partial charge in [-0.3, -0.25) is 24.0 Å². The summed E-state index contributed by atoms with van der Waals surface area (Å²) >= 11 is 0. The van der Waals surface area contributed by atoms with Crippen LogP contribution in [0.4, 0.5) is 0 Å². The molecule has 6 rings (SSSR count). The van der Waals surface area contributed by atoms with Crippen LogP contribution in [0.5, 0.6) is 5.75 Å². The monoisotopic (exact) mass is 762 g/mol. The molecule has 0 saturated carbocycles. The van der Waals surface area contributed by atoms with E-state index >= 15 is 0 Å². The minimum absolute atomic E-state index is 0.169. The Bertz CT molecular complexity index is 2020. The predicted octanol–water partition coefficient (Wildman–Crippen LogP) is 2.89. The number of likely N-dealkylation sites (tertiary alicyclic amines) is 1. The Morgan fingerprint density at radius 3 is 2.27 bits per heavy atom. The largest absolute Gasteiger partial charge is 0.484 e. The molecule has 0 spiro atoms. The maximum Gasteiger partial charge on any atom is 0.270 e. The average Bonchev–Trinajstić information content (AvgIpc) is 3.80. The molecule has 294 valence electrons. The van der Waals surface area contributed by atoms with Crippen LogP contribution in [-0.2, 0) is 32.6 Å². The number of nitrogens with zero attached hydrogens (tertiary/aromatic N) is 3. The van der Waals surface area contributed by atoms with Crippen LogP contribution in [0.15, 0.2) is 97.1 Å². The lowest BCUT2D eigenvalue weighted by Gasteiger charge is -2.29. The van der Waals surface area contributed by atoms with Gasteiger partial charge in [0.2, 0.25) is 17.7 Å². The summed E-state index contributed by atoms with van der Waals surface area (Å²) in [7, 11) is 1.85. The van der Waals surface area contributed by atoms with E-state index in [4.69, 9.17) is 4.74 Å². The second-order valence-electron chi connectivity index (χ2n) is 14.9. The van der Waals surface area contributed by atoms with E-state index in [1.54, 1.807) is 29.2 Å². The van der Waals surface area contributed by atoms with Gasteiger partial charge < -0.3 is 40.2 Å². The highest BCUT2D eigenvalue weighted by molar-refractivity contribution is 5.95. The molecule has 2 aliphatic heterocycles. The third-order valence-electron chi connectivity index (χ3n) is 10.4. The van der Waals surface area contributed by atoms with E-state index in [2.05, 4.69) is 16.0 Å². The lowest BCUT2D eigenvalue weighted by atomic mass is 9.93. The number of benzene rings is 3. The second-order valence-corrected chi connectivity index (χ2v) is 14.9. The van der Waals surface area contributed by atoms with Gasteiger partial charge in [-0.05, 0) is 53.3 Å². The first-order valence-electron chi connectivity index (χ1n) is 19.1. The van der Waals surface area contributed by atoms with Gasteiger partial charge >= 0.3 is 0 Å². The third kappa shape index (κ3) is 9.64. The van der Waals surface area contributed by atoms with E-state index in [1.165, 1.54) is 4.90 Å². The molecule has 4 aromatic rings. The summed E-state index contributed by atoms with van der Waals surface area (Å²) in [5.41, 5.74) is 3.95. The van der Waals surface area contributed by atoms with Gasteiger partial charge in [-0.15, -0.1) is 0 Å². The van der Waals surface area contributed by atoms with Crippen molar-refractivity contribution < 1.29 is 33.8 Å². The minimum atomic E-state index is -1.31. The van der Waals surface area contributed by atoms with Crippen molar-refractivity contribution in [3.63, 3.8) is 0 Å². The van der Waals surface area contributed by atoms with Crippen molar-refractivity contribution in [3.8, 4) is 17.0 Å². The number of rotatable bonds is 8. The number of aliphatic hydroxyl groups is 1. The number of carbonyl (C=O) groups excluding carboxylic acids is 5. The summed E-state index contributed by atoms with van der Waals surface area (Å²) in [6.45, 7) is 3.11. The highest BCUT2D eigenvalue weighted by Crippen LogP contribution is 2.32. The predicted molar refractivity (Wildman–Crippen MR) is 210 cm³/mol. The van der Waals surface area contributed by atoms with Gasteiger partial charge in [0.25, 0.3) is 11.8 Å². The van der Waals surface area contributed by atoms with E-state index < -0.39 is 61.5 Å². The number of hydrogen-bond donors (Lipinski definition) is 4. The molecule has 1 saturated heterocycles. The maximum absolute atomic E-state index is 14.4. The van der Waals surface area contributed by atoms with Gasteiger partial charge in [-0.2, -0.15) is 0 Å². The molecule has 56 heavy (non-hydrogen) atoms. The van der Waals surface area contributed by atoms with Crippen LogP contribution in [0.2, 0.25) is 0 Å². The first-order chi connectivity index (χ1) is 27.0. The molecule has 3 heterocycles. The second kappa shape index (κ2) is 18.1. The van der Waals surface area contributed by atoms with Gasteiger partial charge in [0, 0.05) is 44.7 Å². The molecule has 5 amide bonds. The van der Waals surface area contributed by atoms with E-state index in [-0.39, 0.29) is 43.8 Å². The molecule has 4 atom stereocenters. The topological polar surface area (TPSA) is 162 Å². The number of amides is 5. The molecule has 2 aliphatic rings. The molecule has 1 fully saturated rings. The fourth-order valence-corrected chi connectivity index (χ4v) is 7.30. The molecule has 2 bridgehead atoms. The SMILES string of the molecule is CC(C)CCN1CC(=O)N[C@@H](Cc2ccccc2)C(=O)N[C@@H]2CN(C(=O)c3ccc(-c4ccccc4)n3C)C[C@H]2c2cccc(c2)OCC(=O)N[C@@H](CO)C1=O. The quantitative estimate of drug-likeness (QED) is 0.215. The van der Waals surface area contributed by atoms with Crippen molar-refractivity contribution in [2.45, 2.75) is 50.7 Å². The Hall–Kier alpha value is -5.95. The van der Waals surface area contributed by atoms with Gasteiger partial charge in [0.15, 0.2) is 6.61 Å². The molecule has 13 nitrogen and oxygen atoms in total. The fourth-order valence-electron chi connectivity index (χ4n) is 7.30. The summed E-state index contributed by atoms with van der Waals surface area (Å²) in [4.78, 5) is 72.1. The number of ether oxygens (including phenoxy) is 1. The Kier molecular flexibility index (Phi) is 12.9. The molecule has 0 radical (unpaired) electrons. The van der Waals surface area contributed by atoms with Crippen LogP contribution in [-0.4, -0.2) is 107 Å². The maximum atomic E-state index is 14.4. The van der Waals surface area contributed by atoms with Crippen molar-refractivity contribution in [1.29, 1.82) is 0 Å². The lowest BCUT2D eigenvalue weighted by molar-refractivity contribution is -0.141. The molecule has 4 N–H and O–H groups in total. The van der Waals surface area contributed by atoms with Gasteiger partial charge in [-0.25, -0.2) is 0 Å². The van der Waals surface area contributed by atoms with Crippen molar-refractivity contribution in [2.24, 2.45) is 13.0 Å². The highest BCUT2D eigenvalue weighted by atomic mass is 16.5. The summed E-state index contributed by atoms with van der Waals surface area (Å²) in [5, 5.41) is 18.7. The molecule has 13 heteroatoms. The molecule has 0 aliphatic carbocycles. The van der Waals surface area contributed by atoms with Crippen molar-refractivity contribution in [1.82, 2.24) is 30.3 Å². The van der Waals surface area contributed by atoms with Crippen molar-refractivity contribution in [3.05, 3.63) is 114 Å². The summed E-state index contributed by atoms with van der Waals surface area (Å²) in [6.07, 6.45) is 0.732. The Labute approximate surface area is 327 Å². The standard InChI is InChI=1S/C43H50N6O7/c1-28(2)19-20-48-25-39(51)44-34(21-29-11-6-4-7-12-29)41(53)46-35-24-49(43(55)38-18-17-37(47(38)3)30-13-8-5-9-14-30)23-33(35)31-15-10-16-32(22-31)56-27-40(52)45-36(26-50)42(48)54/h4-18,22,28,33-36,50H,19-21,23-27H2,1-3H3,(H,44,51)(H,45,52)(H,46,53)/t33-,34-,35+,36-/m0/s1. The first kappa shape index (κ1) is 39.7. The van der Waals surface area contributed by atoms with E-state index in [9.17, 15) is 29.1 Å². The molecule has 0 unspecified atom stereocenters. The van der Waals surface area contributed by atoms with Crippen LogP contribution in [0.25, 0.3) is 11.3 Å². The van der Waals surface area contributed by atoms with Crippen molar-refractivity contribution in [2.75, 3.05) is 39.4 Å². The van der Waals surface area contributed by atoms with Crippen LogP contribution >= 0.6 is 0 Å².